The Morgan fingerprint density at radius 3 is 2.09 bits per heavy atom. The van der Waals surface area contributed by atoms with E-state index in [0.717, 1.165) is 24.3 Å². The summed E-state index contributed by atoms with van der Waals surface area (Å²) in [6.45, 7) is 4.00. The summed E-state index contributed by atoms with van der Waals surface area (Å²) in [7, 11) is 0. The minimum Gasteiger partial charge on any atom is -0.106 e. The van der Waals surface area contributed by atoms with Crippen LogP contribution in [-0.2, 0) is 15.5 Å². The molecule has 11 heavy (non-hydrogen) atoms. The first-order valence-electron chi connectivity index (χ1n) is 3.71. The smallest absolute Gasteiger partial charge is 0.106 e. The van der Waals surface area contributed by atoms with Crippen LogP contribution < -0.4 is 0 Å². The first-order valence-corrected chi connectivity index (χ1v) is 5.19. The monoisotopic (exact) mass is 180 g/mol. The fourth-order valence-corrected chi connectivity index (χ4v) is 2.15. The van der Waals surface area contributed by atoms with Crippen LogP contribution >= 0.6 is 0 Å². The molecule has 0 saturated carbocycles. The van der Waals surface area contributed by atoms with Crippen LogP contribution in [0.1, 0.15) is 26.7 Å². The number of rotatable bonds is 6. The SMILES string of the molecule is CCC[S+](CCC)O[N+](=O)[O-]. The molecule has 0 aliphatic carbocycles. The maximum atomic E-state index is 9.95. The summed E-state index contributed by atoms with van der Waals surface area (Å²) < 4.78 is 4.48. The van der Waals surface area contributed by atoms with Gasteiger partial charge in [0.05, 0.1) is 0 Å². The summed E-state index contributed by atoms with van der Waals surface area (Å²) in [5.74, 6) is 1.60. The number of nitrogens with zero attached hydrogens (tertiary/aromatic N) is 1. The van der Waals surface area contributed by atoms with Crippen LogP contribution in [0.2, 0.25) is 0 Å². The van der Waals surface area contributed by atoms with E-state index >= 15 is 0 Å². The highest BCUT2D eigenvalue weighted by molar-refractivity contribution is 7.92. The lowest BCUT2D eigenvalue weighted by Crippen LogP contribution is -2.18. The van der Waals surface area contributed by atoms with E-state index in [1.165, 1.54) is 0 Å². The lowest BCUT2D eigenvalue weighted by molar-refractivity contribution is -0.709. The fourth-order valence-electron chi connectivity index (χ4n) is 0.718. The van der Waals surface area contributed by atoms with Crippen molar-refractivity contribution in [2.45, 2.75) is 26.7 Å². The van der Waals surface area contributed by atoms with Crippen LogP contribution in [0.25, 0.3) is 0 Å². The lowest BCUT2D eigenvalue weighted by Gasteiger charge is -1.99. The molecule has 0 aromatic rings. The van der Waals surface area contributed by atoms with Gasteiger partial charge in [-0.3, -0.25) is 0 Å². The van der Waals surface area contributed by atoms with Gasteiger partial charge in [0.25, 0.3) is 0 Å². The largest absolute Gasteiger partial charge is 0.336 e. The first kappa shape index (κ1) is 10.6. The van der Waals surface area contributed by atoms with Crippen molar-refractivity contribution in [1.82, 2.24) is 0 Å². The third-order valence-corrected chi connectivity index (χ3v) is 3.09. The molecule has 0 heterocycles. The molecule has 0 spiro atoms. The molecule has 0 aromatic carbocycles. The van der Waals surface area contributed by atoms with Gasteiger partial charge in [0.2, 0.25) is 11.2 Å². The maximum Gasteiger partial charge on any atom is 0.336 e. The summed E-state index contributed by atoms with van der Waals surface area (Å²) in [6, 6.07) is 0. The molecule has 0 amide bonds. The van der Waals surface area contributed by atoms with Crippen molar-refractivity contribution >= 4 is 11.2 Å². The zero-order valence-corrected chi connectivity index (χ0v) is 7.73. The maximum absolute atomic E-state index is 9.95. The highest BCUT2D eigenvalue weighted by atomic mass is 32.2. The average molecular weight is 180 g/mol. The molecule has 0 atom stereocenters. The number of hydrogen-bond acceptors (Lipinski definition) is 3. The Bertz CT molecular complexity index is 114. The summed E-state index contributed by atoms with van der Waals surface area (Å²) in [5.41, 5.74) is 0. The van der Waals surface area contributed by atoms with E-state index in [9.17, 15) is 10.1 Å². The average Bonchev–Trinajstić information content (AvgIpc) is 1.87. The molecule has 0 N–H and O–H groups in total. The van der Waals surface area contributed by atoms with E-state index in [2.05, 4.69) is 4.28 Å². The van der Waals surface area contributed by atoms with Crippen LogP contribution in [0.3, 0.4) is 0 Å². The molecular formula is C6H14NO3S+. The molecule has 5 heteroatoms. The Labute approximate surface area is 69.6 Å². The Balaban J connectivity index is 3.59. The van der Waals surface area contributed by atoms with E-state index in [-0.39, 0.29) is 0 Å². The minimum atomic E-state index is -0.686. The Hall–Kier alpha value is -0.450. The Morgan fingerprint density at radius 1 is 1.36 bits per heavy atom. The van der Waals surface area contributed by atoms with Crippen LogP contribution in [0.5, 0.6) is 0 Å². The van der Waals surface area contributed by atoms with E-state index < -0.39 is 16.3 Å². The van der Waals surface area contributed by atoms with Crippen molar-refractivity contribution in [2.24, 2.45) is 0 Å². The van der Waals surface area contributed by atoms with Gasteiger partial charge in [-0.1, -0.05) is 13.8 Å². The quantitative estimate of drug-likeness (QED) is 0.354. The van der Waals surface area contributed by atoms with E-state index in [0.29, 0.717) is 0 Å². The molecule has 0 rings (SSSR count). The van der Waals surface area contributed by atoms with Crippen LogP contribution in [0, 0.1) is 10.1 Å². The van der Waals surface area contributed by atoms with Gasteiger partial charge in [-0.15, -0.1) is 14.4 Å². The van der Waals surface area contributed by atoms with Gasteiger partial charge in [0.1, 0.15) is 11.5 Å². The molecule has 0 saturated heterocycles. The van der Waals surface area contributed by atoms with Crippen molar-refractivity contribution in [2.75, 3.05) is 11.5 Å². The topological polar surface area (TPSA) is 52.4 Å². The number of hydrogen-bond donors (Lipinski definition) is 0. The van der Waals surface area contributed by atoms with Crippen molar-refractivity contribution in [3.8, 4) is 0 Å². The van der Waals surface area contributed by atoms with Crippen LogP contribution in [0.15, 0.2) is 0 Å². The summed E-state index contributed by atoms with van der Waals surface area (Å²) in [4.78, 5) is 9.95. The summed E-state index contributed by atoms with van der Waals surface area (Å²) >= 11 is -0.454. The van der Waals surface area contributed by atoms with Gasteiger partial charge in [0, 0.05) is 0 Å². The molecule has 0 unspecified atom stereocenters. The lowest BCUT2D eigenvalue weighted by atomic mass is 10.6. The molecule has 0 radical (unpaired) electrons. The van der Waals surface area contributed by atoms with Crippen molar-refractivity contribution in [3.05, 3.63) is 10.1 Å². The van der Waals surface area contributed by atoms with Gasteiger partial charge in [0.15, 0.2) is 0 Å². The first-order chi connectivity index (χ1) is 5.20. The molecule has 0 aliphatic rings. The normalized spacial score (nSPS) is 10.1. The summed E-state index contributed by atoms with van der Waals surface area (Å²) in [6.07, 6.45) is 1.88. The highest BCUT2D eigenvalue weighted by Crippen LogP contribution is 2.03. The predicted molar refractivity (Wildman–Crippen MR) is 45.8 cm³/mol. The van der Waals surface area contributed by atoms with Crippen molar-refractivity contribution < 1.29 is 9.37 Å². The van der Waals surface area contributed by atoms with Gasteiger partial charge in [-0.05, 0) is 12.8 Å². The van der Waals surface area contributed by atoms with E-state index in [4.69, 9.17) is 0 Å². The standard InChI is InChI=1S/C6H14NO3S/c1-3-5-11(6-4-2)10-7(8)9/h3-6H2,1-2H3/q+1. The third kappa shape index (κ3) is 5.97. The van der Waals surface area contributed by atoms with Crippen LogP contribution in [-0.4, -0.2) is 16.6 Å². The predicted octanol–water partition coefficient (Wildman–Crippen LogP) is 1.55. The molecular weight excluding hydrogens is 166 g/mol. The van der Waals surface area contributed by atoms with Crippen molar-refractivity contribution in [3.63, 3.8) is 0 Å². The molecule has 0 bridgehead atoms. The van der Waals surface area contributed by atoms with Gasteiger partial charge >= 0.3 is 5.09 Å². The van der Waals surface area contributed by atoms with Gasteiger partial charge in [-0.25, -0.2) is 0 Å². The molecule has 4 nitrogen and oxygen atoms in total. The molecule has 66 valence electrons. The zero-order valence-electron chi connectivity index (χ0n) is 6.91. The second-order valence-corrected chi connectivity index (χ2v) is 3.99. The molecule has 0 fully saturated rings. The van der Waals surface area contributed by atoms with E-state index in [1.807, 2.05) is 13.8 Å². The second kappa shape index (κ2) is 6.27. The highest BCUT2D eigenvalue weighted by Gasteiger charge is 2.21. The van der Waals surface area contributed by atoms with Crippen molar-refractivity contribution in [1.29, 1.82) is 0 Å². The third-order valence-electron chi connectivity index (χ3n) is 1.03. The minimum absolute atomic E-state index is 0.454. The van der Waals surface area contributed by atoms with Gasteiger partial charge < -0.3 is 0 Å². The molecule has 0 aromatic heterocycles. The second-order valence-electron chi connectivity index (χ2n) is 2.15. The van der Waals surface area contributed by atoms with E-state index in [1.54, 1.807) is 0 Å². The Kier molecular flexibility index (Phi) is 6.02. The Morgan fingerprint density at radius 2 is 1.82 bits per heavy atom. The molecule has 0 aliphatic heterocycles. The van der Waals surface area contributed by atoms with Gasteiger partial charge in [-0.2, -0.15) is 0 Å². The fraction of sp³-hybridized carbons (Fsp3) is 1.00. The summed E-state index contributed by atoms with van der Waals surface area (Å²) in [5, 5.41) is 9.26. The zero-order chi connectivity index (χ0) is 8.69. The van der Waals surface area contributed by atoms with Crippen LogP contribution in [0.4, 0.5) is 0 Å².